The number of hydrogen-bond donors (Lipinski definition) is 6. The summed E-state index contributed by atoms with van der Waals surface area (Å²) < 4.78 is 123. The van der Waals surface area contributed by atoms with Crippen LogP contribution in [0.25, 0.3) is 0 Å². The summed E-state index contributed by atoms with van der Waals surface area (Å²) in [5.41, 5.74) is 0.750. The first-order valence-electron chi connectivity index (χ1n) is 17.2. The number of nitrogens with zero attached hydrogens (tertiary/aromatic N) is 8. The Bertz CT molecular complexity index is 2360. The van der Waals surface area contributed by atoms with Crippen LogP contribution in [0.5, 0.6) is 0 Å². The Morgan fingerprint density at radius 2 is 1.05 bits per heavy atom. The molecule has 0 unspecified atom stereocenters. The van der Waals surface area contributed by atoms with Gasteiger partial charge in [0, 0.05) is 43.3 Å². The summed E-state index contributed by atoms with van der Waals surface area (Å²) in [4.78, 5) is 22.4. The summed E-state index contributed by atoms with van der Waals surface area (Å²) in [6, 6.07) is 3.64. The number of nitrogens with one attached hydrogen (secondary N) is 6. The van der Waals surface area contributed by atoms with E-state index in [-0.39, 0.29) is 72.8 Å². The first kappa shape index (κ1) is 54.3. The number of quaternary nitrogens is 2. The van der Waals surface area contributed by atoms with Gasteiger partial charge >= 0.3 is 0 Å². The second-order valence-corrected chi connectivity index (χ2v) is 22.7. The third-order valence-electron chi connectivity index (χ3n) is 5.77. The Kier molecular flexibility index (Phi) is 20.8. The minimum Gasteiger partial charge on any atom is -0.744 e. The van der Waals surface area contributed by atoms with Gasteiger partial charge < -0.3 is 39.3 Å². The molecule has 3 aromatic rings. The van der Waals surface area contributed by atoms with Crippen LogP contribution in [-0.4, -0.2) is 176 Å². The molecular formula is C30H52Cl2N14O10S4. The molecule has 0 fully saturated rings. The molecule has 0 aliphatic rings. The van der Waals surface area contributed by atoms with Crippen molar-refractivity contribution >= 4 is 93.0 Å². The first-order chi connectivity index (χ1) is 27.1. The third kappa shape index (κ3) is 25.8. The molecule has 2 aromatic heterocycles. The highest BCUT2D eigenvalue weighted by Crippen LogP contribution is 2.23. The minimum absolute atomic E-state index is 0.0834. The quantitative estimate of drug-likeness (QED) is 0.0529. The van der Waals surface area contributed by atoms with E-state index in [1.807, 2.05) is 0 Å². The lowest BCUT2D eigenvalue weighted by Gasteiger charge is -2.14. The molecule has 6 N–H and O–H groups in total. The highest BCUT2D eigenvalue weighted by molar-refractivity contribution is 8.06. The zero-order valence-corrected chi connectivity index (χ0v) is 39.4. The Hall–Kier alpha value is -3.68. The van der Waals surface area contributed by atoms with Gasteiger partial charge in [-0.25, -0.2) is 43.1 Å². The topological polar surface area (TPSA) is 332 Å². The van der Waals surface area contributed by atoms with Gasteiger partial charge in [0.05, 0.1) is 61.3 Å². The van der Waals surface area contributed by atoms with E-state index in [4.69, 9.17) is 23.2 Å². The van der Waals surface area contributed by atoms with Gasteiger partial charge in [0.25, 0.3) is 0 Å². The van der Waals surface area contributed by atoms with Gasteiger partial charge in [-0.3, -0.25) is 0 Å². The molecule has 1 aromatic carbocycles. The van der Waals surface area contributed by atoms with E-state index >= 15 is 0 Å². The van der Waals surface area contributed by atoms with Crippen molar-refractivity contribution in [2.24, 2.45) is 0 Å². The van der Waals surface area contributed by atoms with Crippen LogP contribution < -0.4 is 30.7 Å². The van der Waals surface area contributed by atoms with Crippen LogP contribution >= 0.6 is 23.2 Å². The lowest BCUT2D eigenvalue weighted by Crippen LogP contribution is -2.39. The molecule has 340 valence electrons. The van der Waals surface area contributed by atoms with Crippen molar-refractivity contribution in [1.82, 2.24) is 39.3 Å². The molecule has 0 spiro atoms. The number of rotatable bonds is 19. The largest absolute Gasteiger partial charge is 0.744 e. The molecule has 0 amide bonds. The molecule has 0 aliphatic carbocycles. The third-order valence-corrected chi connectivity index (χ3v) is 11.7. The SMILES string of the molecule is C/C(=C\CNc1nc(Cl)nc(NCCNS(=O)(=O)CS(=O)(=O)NCCNc2nc(Cl)nc(Nc3cc(S(=O)(=O)[O-])ccc3C)n2)n1)S(=O)(=O)[O-].C[N+](C)(C)C.C[N+](C)(C)C. The fourth-order valence-corrected chi connectivity index (χ4v) is 7.67. The van der Waals surface area contributed by atoms with E-state index in [9.17, 15) is 42.8 Å². The Balaban J connectivity index is 0.00000160. The highest BCUT2D eigenvalue weighted by Gasteiger charge is 2.21. The van der Waals surface area contributed by atoms with E-state index < -0.39 is 55.2 Å². The van der Waals surface area contributed by atoms with Crippen LogP contribution in [0, 0.1) is 6.92 Å². The van der Waals surface area contributed by atoms with E-state index in [1.54, 1.807) is 6.92 Å². The molecule has 60 heavy (non-hydrogen) atoms. The van der Waals surface area contributed by atoms with Gasteiger partial charge in [-0.2, -0.15) is 29.9 Å². The van der Waals surface area contributed by atoms with Crippen molar-refractivity contribution in [3.8, 4) is 0 Å². The van der Waals surface area contributed by atoms with Crippen LogP contribution in [0.2, 0.25) is 10.6 Å². The van der Waals surface area contributed by atoms with Crippen molar-refractivity contribution in [3.63, 3.8) is 0 Å². The number of hydrogen-bond acceptors (Lipinski definition) is 20. The van der Waals surface area contributed by atoms with Gasteiger partial charge in [-0.1, -0.05) is 12.1 Å². The molecule has 0 saturated carbocycles. The summed E-state index contributed by atoms with van der Waals surface area (Å²) in [6.07, 6.45) is 1.10. The molecule has 3 rings (SSSR count). The summed E-state index contributed by atoms with van der Waals surface area (Å²) in [5, 5.41) is 8.85. The van der Waals surface area contributed by atoms with Gasteiger partial charge in [-0.15, -0.1) is 0 Å². The summed E-state index contributed by atoms with van der Waals surface area (Å²) in [6.45, 7) is 1.79. The van der Waals surface area contributed by atoms with Crippen molar-refractivity contribution < 1.29 is 51.7 Å². The summed E-state index contributed by atoms with van der Waals surface area (Å²) >= 11 is 11.8. The van der Waals surface area contributed by atoms with Crippen LogP contribution in [0.1, 0.15) is 12.5 Å². The van der Waals surface area contributed by atoms with Gasteiger partial charge in [0.1, 0.15) is 20.2 Å². The molecule has 0 atom stereocenters. The maximum Gasteiger partial charge on any atom is 0.233 e. The van der Waals surface area contributed by atoms with Crippen molar-refractivity contribution in [2.45, 2.75) is 18.7 Å². The Labute approximate surface area is 361 Å². The van der Waals surface area contributed by atoms with Crippen LogP contribution in [0.15, 0.2) is 34.1 Å². The van der Waals surface area contributed by atoms with Crippen molar-refractivity contribution in [2.75, 3.05) is 115 Å². The molecule has 0 radical (unpaired) electrons. The maximum atomic E-state index is 12.4. The van der Waals surface area contributed by atoms with E-state index in [0.29, 0.717) is 5.56 Å². The predicted octanol–water partition coefficient (Wildman–Crippen LogP) is 0.146. The minimum atomic E-state index is -4.73. The van der Waals surface area contributed by atoms with Gasteiger partial charge in [-0.05, 0) is 54.7 Å². The number of allylic oxidation sites excluding steroid dienone is 1. The second-order valence-electron chi connectivity index (χ2n) is 15.1. The molecule has 2 heterocycles. The molecule has 0 saturated heterocycles. The van der Waals surface area contributed by atoms with Crippen LogP contribution in [0.4, 0.5) is 29.5 Å². The normalized spacial score (nSPS) is 12.7. The smallest absolute Gasteiger partial charge is 0.233 e. The molecule has 30 heteroatoms. The number of aromatic nitrogens is 6. The molecular weight excluding hydrogens is 916 g/mol. The average molecular weight is 968 g/mol. The van der Waals surface area contributed by atoms with E-state index in [1.165, 1.54) is 6.07 Å². The fraction of sp³-hybridized carbons (Fsp3) is 0.533. The number of aryl methyl sites for hydroxylation is 1. The number of sulfonamides is 2. The predicted molar refractivity (Wildman–Crippen MR) is 228 cm³/mol. The van der Waals surface area contributed by atoms with Crippen LogP contribution in [0.3, 0.4) is 0 Å². The molecule has 0 aliphatic heterocycles. The zero-order valence-electron chi connectivity index (χ0n) is 34.6. The fourth-order valence-electron chi connectivity index (χ4n) is 3.44. The summed E-state index contributed by atoms with van der Waals surface area (Å²) in [7, 11) is -1.01. The van der Waals surface area contributed by atoms with Crippen LogP contribution in [-0.2, 0) is 40.3 Å². The average Bonchev–Trinajstić information content (AvgIpc) is 3.03. The van der Waals surface area contributed by atoms with Crippen molar-refractivity contribution in [1.29, 1.82) is 0 Å². The lowest BCUT2D eigenvalue weighted by atomic mass is 10.2. The molecule has 0 bridgehead atoms. The first-order valence-corrected chi connectivity index (χ1v) is 24.0. The van der Waals surface area contributed by atoms with Gasteiger partial charge in [0.15, 0.2) is 5.08 Å². The monoisotopic (exact) mass is 966 g/mol. The highest BCUT2D eigenvalue weighted by atomic mass is 35.5. The Morgan fingerprint density at radius 1 is 0.650 bits per heavy atom. The second kappa shape index (κ2) is 23.0. The van der Waals surface area contributed by atoms with E-state index in [2.05, 4.69) is 117 Å². The summed E-state index contributed by atoms with van der Waals surface area (Å²) in [5.74, 6) is -0.409. The number of anilines is 5. The van der Waals surface area contributed by atoms with E-state index in [0.717, 1.165) is 34.1 Å². The zero-order chi connectivity index (χ0) is 46.3. The maximum absolute atomic E-state index is 12.4. The number of halogens is 2. The molecule has 24 nitrogen and oxygen atoms in total. The lowest BCUT2D eigenvalue weighted by molar-refractivity contribution is -0.849. The van der Waals surface area contributed by atoms with Gasteiger partial charge in [0.2, 0.25) is 54.4 Å². The standard InChI is InChI=1S/C22H30Cl2N12O10S4.2C4H12N/c1-13-3-4-15(50(44,45)46)11-16(13)30-22-34-18(24)33-21(36-22)27-8-10-29-48(39,40)12-47(37,38)28-9-7-26-20-32-17(23)31-19(35-20)25-6-5-14(2)49(41,42)43;2*1-5(2,3)4/h3-5,11,28-29H,6-10,12H2,1-2H3,(H,41,42,43)(H,44,45,46)(H2,25,26,31,32,35)(H2,27,30,33,34,36);2*1-4H3/q;2*+1/p-2/b14-5+;;. The van der Waals surface area contributed by atoms with Crippen molar-refractivity contribution in [3.05, 3.63) is 45.3 Å². The number of benzene rings is 1. The Morgan fingerprint density at radius 3 is 1.47 bits per heavy atom.